The molecule has 4 unspecified atom stereocenters. The van der Waals surface area contributed by atoms with Crippen molar-refractivity contribution in [3.8, 4) is 0 Å². The van der Waals surface area contributed by atoms with Crippen molar-refractivity contribution in [2.24, 2.45) is 11.8 Å². The lowest BCUT2D eigenvalue weighted by Gasteiger charge is -2.26. The third-order valence-electron chi connectivity index (χ3n) is 5.68. The van der Waals surface area contributed by atoms with Crippen molar-refractivity contribution in [1.82, 2.24) is 5.32 Å². The topological polar surface area (TPSA) is 25.2 Å². The van der Waals surface area contributed by atoms with E-state index in [9.17, 15) is 0 Å². The van der Waals surface area contributed by atoms with Crippen LogP contribution >= 0.6 is 0 Å². The van der Waals surface area contributed by atoms with Crippen LogP contribution in [0.25, 0.3) is 11.0 Å². The van der Waals surface area contributed by atoms with Crippen molar-refractivity contribution >= 4 is 11.0 Å². The number of aryl methyl sites for hydroxylation is 1. The predicted molar refractivity (Wildman–Crippen MR) is 86.4 cm³/mol. The summed E-state index contributed by atoms with van der Waals surface area (Å²) in [5.41, 5.74) is 2.42. The lowest BCUT2D eigenvalue weighted by atomic mass is 9.94. The molecule has 2 heteroatoms. The van der Waals surface area contributed by atoms with Crippen molar-refractivity contribution < 1.29 is 4.42 Å². The highest BCUT2D eigenvalue weighted by molar-refractivity contribution is 5.82. The molecule has 4 atom stereocenters. The number of furan rings is 1. The highest BCUT2D eigenvalue weighted by Gasteiger charge is 2.40. The highest BCUT2D eigenvalue weighted by atomic mass is 16.3. The first kappa shape index (κ1) is 13.4. The van der Waals surface area contributed by atoms with Gasteiger partial charge in [0.2, 0.25) is 0 Å². The van der Waals surface area contributed by atoms with Gasteiger partial charge in [0.15, 0.2) is 0 Å². The van der Waals surface area contributed by atoms with Gasteiger partial charge in [-0.25, -0.2) is 0 Å². The van der Waals surface area contributed by atoms with E-state index < -0.39 is 0 Å². The summed E-state index contributed by atoms with van der Waals surface area (Å²) in [6, 6.07) is 9.46. The van der Waals surface area contributed by atoms with Crippen LogP contribution in [0.5, 0.6) is 0 Å². The Hall–Kier alpha value is -1.28. The smallest absolute Gasteiger partial charge is 0.134 e. The van der Waals surface area contributed by atoms with E-state index in [1.165, 1.54) is 36.6 Å². The monoisotopic (exact) mass is 283 g/mol. The maximum Gasteiger partial charge on any atom is 0.134 e. The summed E-state index contributed by atoms with van der Waals surface area (Å²) in [6.45, 7) is 4.49. The Kier molecular flexibility index (Phi) is 3.30. The van der Waals surface area contributed by atoms with Crippen LogP contribution < -0.4 is 5.32 Å². The summed E-state index contributed by atoms with van der Waals surface area (Å²) >= 11 is 0. The number of benzene rings is 1. The summed E-state index contributed by atoms with van der Waals surface area (Å²) in [5, 5.41) is 5.16. The van der Waals surface area contributed by atoms with Gasteiger partial charge in [-0.15, -0.1) is 0 Å². The van der Waals surface area contributed by atoms with Crippen LogP contribution in [-0.2, 0) is 6.42 Å². The lowest BCUT2D eigenvalue weighted by Crippen LogP contribution is -2.35. The Morgan fingerprint density at radius 2 is 2.10 bits per heavy atom. The van der Waals surface area contributed by atoms with Crippen LogP contribution in [0.1, 0.15) is 56.9 Å². The molecule has 1 aromatic carbocycles. The molecule has 1 N–H and O–H groups in total. The zero-order chi connectivity index (χ0) is 14.4. The molecule has 2 saturated carbocycles. The molecule has 0 aliphatic heterocycles. The van der Waals surface area contributed by atoms with Gasteiger partial charge < -0.3 is 9.73 Å². The predicted octanol–water partition coefficient (Wildman–Crippen LogP) is 4.83. The van der Waals surface area contributed by atoms with E-state index in [-0.39, 0.29) is 0 Å². The highest BCUT2D eigenvalue weighted by Crippen LogP contribution is 2.45. The summed E-state index contributed by atoms with van der Waals surface area (Å²) < 4.78 is 6.18. The van der Waals surface area contributed by atoms with E-state index >= 15 is 0 Å². The molecule has 1 aromatic heterocycles. The number of para-hydroxylation sites is 1. The van der Waals surface area contributed by atoms with Gasteiger partial charge in [-0.05, 0) is 50.5 Å². The molecular formula is C19H25NO. The van der Waals surface area contributed by atoms with Crippen LogP contribution in [0, 0.1) is 11.8 Å². The number of nitrogens with one attached hydrogen (secondary N) is 1. The van der Waals surface area contributed by atoms with Gasteiger partial charge in [-0.1, -0.05) is 31.5 Å². The largest absolute Gasteiger partial charge is 0.459 e. The Balaban J connectivity index is 1.60. The average Bonchev–Trinajstić information content (AvgIpc) is 3.19. The van der Waals surface area contributed by atoms with E-state index in [2.05, 4.69) is 43.4 Å². The van der Waals surface area contributed by atoms with Gasteiger partial charge in [0.05, 0.1) is 6.04 Å². The fraction of sp³-hybridized carbons (Fsp3) is 0.579. The third-order valence-corrected chi connectivity index (χ3v) is 5.68. The normalized spacial score (nSPS) is 29.3. The number of fused-ring (bicyclic) bond motifs is 3. The quantitative estimate of drug-likeness (QED) is 0.869. The van der Waals surface area contributed by atoms with Crippen molar-refractivity contribution in [1.29, 1.82) is 0 Å². The molecule has 0 saturated heterocycles. The van der Waals surface area contributed by atoms with Crippen LogP contribution in [0.15, 0.2) is 28.7 Å². The van der Waals surface area contributed by atoms with Gasteiger partial charge in [0.25, 0.3) is 0 Å². The lowest BCUT2D eigenvalue weighted by molar-refractivity contribution is 0.309. The molecule has 2 fully saturated rings. The van der Waals surface area contributed by atoms with E-state index in [4.69, 9.17) is 4.42 Å². The van der Waals surface area contributed by atoms with Gasteiger partial charge in [-0.3, -0.25) is 0 Å². The number of rotatable bonds is 4. The molecule has 21 heavy (non-hydrogen) atoms. The van der Waals surface area contributed by atoms with Gasteiger partial charge >= 0.3 is 0 Å². The average molecular weight is 283 g/mol. The maximum absolute atomic E-state index is 6.18. The first-order valence-corrected chi connectivity index (χ1v) is 8.52. The first-order valence-electron chi connectivity index (χ1n) is 8.52. The molecule has 2 aliphatic carbocycles. The minimum atomic E-state index is 0.316. The second kappa shape index (κ2) is 5.17. The van der Waals surface area contributed by atoms with Crippen molar-refractivity contribution in [3.63, 3.8) is 0 Å². The summed E-state index contributed by atoms with van der Waals surface area (Å²) in [5.74, 6) is 3.05. The van der Waals surface area contributed by atoms with Gasteiger partial charge in [-0.2, -0.15) is 0 Å². The van der Waals surface area contributed by atoms with Crippen LogP contribution in [0.2, 0.25) is 0 Å². The van der Waals surface area contributed by atoms with Crippen LogP contribution in [-0.4, -0.2) is 6.04 Å². The SMILES string of the molecule is CCc1c(C(C)NC2CC3CCC2C3)oc2ccccc12. The molecule has 4 rings (SSSR count). The van der Waals surface area contributed by atoms with E-state index in [1.54, 1.807) is 0 Å². The van der Waals surface area contributed by atoms with Crippen LogP contribution in [0.4, 0.5) is 0 Å². The zero-order valence-corrected chi connectivity index (χ0v) is 13.1. The fourth-order valence-electron chi connectivity index (χ4n) is 4.68. The minimum absolute atomic E-state index is 0.316. The Labute approximate surface area is 126 Å². The standard InChI is InChI=1S/C19H25NO/c1-3-15-16-6-4-5-7-18(16)21-19(15)12(2)20-17-11-13-8-9-14(17)10-13/h4-7,12-14,17,20H,3,8-11H2,1-2H3. The number of hydrogen-bond acceptors (Lipinski definition) is 2. The number of hydrogen-bond donors (Lipinski definition) is 1. The molecule has 2 nitrogen and oxygen atoms in total. The molecular weight excluding hydrogens is 258 g/mol. The second-order valence-electron chi connectivity index (χ2n) is 6.96. The fourth-order valence-corrected chi connectivity index (χ4v) is 4.68. The zero-order valence-electron chi connectivity index (χ0n) is 13.1. The van der Waals surface area contributed by atoms with Crippen molar-refractivity contribution in [2.45, 2.75) is 58.0 Å². The van der Waals surface area contributed by atoms with Gasteiger partial charge in [0.1, 0.15) is 11.3 Å². The molecule has 0 spiro atoms. The molecule has 2 aliphatic rings. The minimum Gasteiger partial charge on any atom is -0.459 e. The second-order valence-corrected chi connectivity index (χ2v) is 6.96. The molecule has 0 amide bonds. The summed E-state index contributed by atoms with van der Waals surface area (Å²) in [7, 11) is 0. The Morgan fingerprint density at radius 3 is 2.81 bits per heavy atom. The molecule has 112 valence electrons. The van der Waals surface area contributed by atoms with Crippen molar-refractivity contribution in [2.75, 3.05) is 0 Å². The molecule has 0 radical (unpaired) electrons. The van der Waals surface area contributed by atoms with E-state index in [0.717, 1.165) is 29.6 Å². The van der Waals surface area contributed by atoms with Gasteiger partial charge in [0, 0.05) is 17.0 Å². The first-order chi connectivity index (χ1) is 10.3. The van der Waals surface area contributed by atoms with Crippen molar-refractivity contribution in [3.05, 3.63) is 35.6 Å². The van der Waals surface area contributed by atoms with E-state index in [1.807, 2.05) is 0 Å². The molecule has 2 aromatic rings. The van der Waals surface area contributed by atoms with Crippen LogP contribution in [0.3, 0.4) is 0 Å². The molecule has 1 heterocycles. The maximum atomic E-state index is 6.18. The summed E-state index contributed by atoms with van der Waals surface area (Å²) in [4.78, 5) is 0. The Bertz CT molecular complexity index is 644. The third kappa shape index (κ3) is 2.20. The van der Waals surface area contributed by atoms with E-state index in [0.29, 0.717) is 12.1 Å². The summed E-state index contributed by atoms with van der Waals surface area (Å²) in [6.07, 6.45) is 6.74. The molecule has 2 bridgehead atoms. The Morgan fingerprint density at radius 1 is 1.24 bits per heavy atom.